The molecule has 0 spiro atoms. The molecule has 2 amide bonds. The minimum Gasteiger partial charge on any atom is -0.341 e. The molecule has 0 saturated carbocycles. The summed E-state index contributed by atoms with van der Waals surface area (Å²) in [5.41, 5.74) is 0.687. The maximum atomic E-state index is 13.8. The van der Waals surface area contributed by atoms with Crippen LogP contribution < -0.4 is 0 Å². The third-order valence-electron chi connectivity index (χ3n) is 5.66. The Morgan fingerprint density at radius 3 is 2.85 bits per heavy atom. The number of nitrogens with zero attached hydrogens (tertiary/aromatic N) is 3. The fraction of sp³-hybridized carbons (Fsp3) is 0.524. The monoisotopic (exact) mass is 373 g/mol. The van der Waals surface area contributed by atoms with E-state index in [9.17, 15) is 14.0 Å². The van der Waals surface area contributed by atoms with Crippen LogP contribution in [0.3, 0.4) is 0 Å². The molecule has 146 valence electrons. The summed E-state index contributed by atoms with van der Waals surface area (Å²) in [5, 5.41) is 0. The van der Waals surface area contributed by atoms with E-state index in [1.54, 1.807) is 24.1 Å². The number of amides is 2. The Hall–Kier alpha value is -2.21. The molecule has 27 heavy (non-hydrogen) atoms. The number of rotatable bonds is 4. The summed E-state index contributed by atoms with van der Waals surface area (Å²) in [7, 11) is 1.71. The summed E-state index contributed by atoms with van der Waals surface area (Å²) in [6.45, 7) is 7.79. The van der Waals surface area contributed by atoms with Crippen LogP contribution in [-0.2, 0) is 9.59 Å². The molecule has 2 saturated heterocycles. The van der Waals surface area contributed by atoms with E-state index in [0.717, 1.165) is 32.6 Å². The second kappa shape index (κ2) is 8.65. The summed E-state index contributed by atoms with van der Waals surface area (Å²) in [6, 6.07) is 5.85. The number of piperidine rings is 1. The Balaban J connectivity index is 1.80. The summed E-state index contributed by atoms with van der Waals surface area (Å²) in [6.07, 6.45) is 3.68. The van der Waals surface area contributed by atoms with Gasteiger partial charge in [0.15, 0.2) is 0 Å². The third kappa shape index (κ3) is 4.38. The minimum atomic E-state index is -0.415. The molecular weight excluding hydrogens is 345 g/mol. The molecule has 2 fully saturated rings. The van der Waals surface area contributed by atoms with Gasteiger partial charge < -0.3 is 9.80 Å². The Bertz CT molecular complexity index is 708. The predicted octanol–water partition coefficient (Wildman–Crippen LogP) is 2.46. The van der Waals surface area contributed by atoms with Crippen LogP contribution >= 0.6 is 0 Å². The summed E-state index contributed by atoms with van der Waals surface area (Å²) >= 11 is 0. The van der Waals surface area contributed by atoms with Gasteiger partial charge in [-0.15, -0.1) is 6.58 Å². The maximum Gasteiger partial charge on any atom is 0.228 e. The summed E-state index contributed by atoms with van der Waals surface area (Å²) < 4.78 is 13.8. The molecule has 3 rings (SSSR count). The summed E-state index contributed by atoms with van der Waals surface area (Å²) in [5.74, 6) is -0.606. The van der Waals surface area contributed by atoms with Gasteiger partial charge in [-0.1, -0.05) is 18.2 Å². The lowest BCUT2D eigenvalue weighted by atomic mass is 9.83. The van der Waals surface area contributed by atoms with Crippen molar-refractivity contribution < 1.29 is 14.0 Å². The van der Waals surface area contributed by atoms with Gasteiger partial charge in [0.05, 0.1) is 12.0 Å². The number of halogens is 1. The molecule has 2 heterocycles. The van der Waals surface area contributed by atoms with Crippen LogP contribution in [0.4, 0.5) is 4.39 Å². The Morgan fingerprint density at radius 2 is 2.11 bits per heavy atom. The largest absolute Gasteiger partial charge is 0.341 e. The van der Waals surface area contributed by atoms with Crippen molar-refractivity contribution in [1.82, 2.24) is 14.7 Å². The number of hydrogen-bond acceptors (Lipinski definition) is 3. The molecule has 1 aromatic carbocycles. The molecule has 2 atom stereocenters. The fourth-order valence-electron chi connectivity index (χ4n) is 4.23. The van der Waals surface area contributed by atoms with E-state index in [0.29, 0.717) is 24.9 Å². The number of likely N-dealkylation sites (tertiary alicyclic amines) is 1. The zero-order valence-electron chi connectivity index (χ0n) is 15.9. The van der Waals surface area contributed by atoms with Gasteiger partial charge in [-0.05, 0) is 30.5 Å². The lowest BCUT2D eigenvalue weighted by Gasteiger charge is -2.40. The highest BCUT2D eigenvalue weighted by Gasteiger charge is 2.40. The topological polar surface area (TPSA) is 43.9 Å². The van der Waals surface area contributed by atoms with Crippen molar-refractivity contribution in [2.24, 2.45) is 5.92 Å². The Labute approximate surface area is 160 Å². The molecule has 0 bridgehead atoms. The maximum absolute atomic E-state index is 13.8. The lowest BCUT2D eigenvalue weighted by Crippen LogP contribution is -2.48. The number of hydrogen-bond donors (Lipinski definition) is 0. The van der Waals surface area contributed by atoms with E-state index < -0.39 is 6.04 Å². The second-order valence-corrected chi connectivity index (χ2v) is 7.42. The molecule has 2 unspecified atom stereocenters. The number of carbonyl (C=O) groups is 2. The van der Waals surface area contributed by atoms with Crippen molar-refractivity contribution in [3.05, 3.63) is 48.3 Å². The lowest BCUT2D eigenvalue weighted by molar-refractivity contribution is -0.146. The van der Waals surface area contributed by atoms with Gasteiger partial charge in [0, 0.05) is 46.2 Å². The average Bonchev–Trinajstić information content (AvgIpc) is 2.89. The molecule has 0 radical (unpaired) electrons. The zero-order valence-corrected chi connectivity index (χ0v) is 15.9. The molecule has 0 N–H and O–H groups in total. The van der Waals surface area contributed by atoms with Crippen LogP contribution in [0.2, 0.25) is 0 Å². The molecule has 6 heteroatoms. The van der Waals surface area contributed by atoms with E-state index in [2.05, 4.69) is 11.5 Å². The minimum absolute atomic E-state index is 0.00124. The quantitative estimate of drug-likeness (QED) is 0.762. The molecular formula is C21H28FN3O2. The number of benzene rings is 1. The van der Waals surface area contributed by atoms with Crippen LogP contribution in [0.5, 0.6) is 0 Å². The molecule has 0 aliphatic carbocycles. The molecule has 5 nitrogen and oxygen atoms in total. The third-order valence-corrected chi connectivity index (χ3v) is 5.66. The highest BCUT2D eigenvalue weighted by Crippen LogP contribution is 2.37. The normalized spacial score (nSPS) is 24.6. The first-order valence-corrected chi connectivity index (χ1v) is 9.64. The van der Waals surface area contributed by atoms with E-state index in [4.69, 9.17) is 0 Å². The van der Waals surface area contributed by atoms with E-state index >= 15 is 0 Å². The van der Waals surface area contributed by atoms with Crippen LogP contribution in [0.25, 0.3) is 0 Å². The fourth-order valence-corrected chi connectivity index (χ4v) is 4.23. The molecule has 0 aromatic heterocycles. The van der Waals surface area contributed by atoms with E-state index in [1.165, 1.54) is 12.1 Å². The first kappa shape index (κ1) is 19.5. The SMILES string of the molecule is C=CCN1CCCN(C(=O)C2CCC(=O)N(C)C2c2cccc(F)c2)CC1. The van der Waals surface area contributed by atoms with E-state index in [-0.39, 0.29) is 23.5 Å². The molecule has 1 aromatic rings. The highest BCUT2D eigenvalue weighted by molar-refractivity contribution is 5.85. The first-order valence-electron chi connectivity index (χ1n) is 9.64. The average molecular weight is 373 g/mol. The second-order valence-electron chi connectivity index (χ2n) is 7.42. The van der Waals surface area contributed by atoms with Crippen LogP contribution in [0, 0.1) is 11.7 Å². The van der Waals surface area contributed by atoms with Gasteiger partial charge in [-0.2, -0.15) is 0 Å². The van der Waals surface area contributed by atoms with Crippen LogP contribution in [-0.4, -0.2) is 66.3 Å². The molecule has 2 aliphatic rings. The predicted molar refractivity (Wildman–Crippen MR) is 102 cm³/mol. The van der Waals surface area contributed by atoms with Gasteiger partial charge in [-0.3, -0.25) is 14.5 Å². The van der Waals surface area contributed by atoms with Gasteiger partial charge in [0.2, 0.25) is 11.8 Å². The highest BCUT2D eigenvalue weighted by atomic mass is 19.1. The standard InChI is InChI=1S/C21H28FN3O2/c1-3-10-24-11-5-12-25(14-13-24)21(27)18-8-9-19(26)23(2)20(18)16-6-4-7-17(22)15-16/h3-4,6-7,15,18,20H,1,5,8-14H2,2H3. The van der Waals surface area contributed by atoms with Gasteiger partial charge >= 0.3 is 0 Å². The van der Waals surface area contributed by atoms with Crippen molar-refractivity contribution in [1.29, 1.82) is 0 Å². The summed E-state index contributed by atoms with van der Waals surface area (Å²) in [4.78, 5) is 31.4. The van der Waals surface area contributed by atoms with Crippen molar-refractivity contribution in [2.75, 3.05) is 39.8 Å². The first-order chi connectivity index (χ1) is 13.0. The van der Waals surface area contributed by atoms with Gasteiger partial charge in [0.1, 0.15) is 5.82 Å². The van der Waals surface area contributed by atoms with Crippen molar-refractivity contribution >= 4 is 11.8 Å². The number of carbonyl (C=O) groups excluding carboxylic acids is 2. The van der Waals surface area contributed by atoms with Crippen LogP contribution in [0.1, 0.15) is 30.9 Å². The zero-order chi connectivity index (χ0) is 19.4. The smallest absolute Gasteiger partial charge is 0.228 e. The Kier molecular flexibility index (Phi) is 6.26. The van der Waals surface area contributed by atoms with Gasteiger partial charge in [0.25, 0.3) is 0 Å². The van der Waals surface area contributed by atoms with Crippen molar-refractivity contribution in [3.8, 4) is 0 Å². The van der Waals surface area contributed by atoms with E-state index in [1.807, 2.05) is 11.0 Å². The van der Waals surface area contributed by atoms with Crippen molar-refractivity contribution in [2.45, 2.75) is 25.3 Å². The molecule has 2 aliphatic heterocycles. The Morgan fingerprint density at radius 1 is 1.30 bits per heavy atom. The van der Waals surface area contributed by atoms with Crippen LogP contribution in [0.15, 0.2) is 36.9 Å². The van der Waals surface area contributed by atoms with Gasteiger partial charge in [-0.25, -0.2) is 4.39 Å². The van der Waals surface area contributed by atoms with Crippen molar-refractivity contribution in [3.63, 3.8) is 0 Å².